The van der Waals surface area contributed by atoms with Crippen LogP contribution in [0, 0.1) is 5.92 Å². The number of carbonyl (C=O) groups is 1. The molecule has 7 heteroatoms. The molecule has 110 valence electrons. The summed E-state index contributed by atoms with van der Waals surface area (Å²) in [6.45, 7) is 3.84. The third-order valence-corrected chi connectivity index (χ3v) is 7.34. The molecule has 1 saturated carbocycles. The number of hydrogen-bond acceptors (Lipinski definition) is 5. The van der Waals surface area contributed by atoms with Gasteiger partial charge in [0.1, 0.15) is 5.37 Å². The number of nitrogens with two attached hydrogens (primary N) is 1. The normalized spacial score (nSPS) is 27.9. The summed E-state index contributed by atoms with van der Waals surface area (Å²) >= 11 is 1.59. The van der Waals surface area contributed by atoms with E-state index in [1.54, 1.807) is 25.6 Å². The van der Waals surface area contributed by atoms with Crippen LogP contribution in [0.5, 0.6) is 0 Å². The molecule has 0 aromatic carbocycles. The van der Waals surface area contributed by atoms with Crippen LogP contribution in [0.2, 0.25) is 0 Å². The van der Waals surface area contributed by atoms with Gasteiger partial charge >= 0.3 is 0 Å². The monoisotopic (exact) mass is 306 g/mol. The minimum atomic E-state index is -3.25. The van der Waals surface area contributed by atoms with E-state index < -0.39 is 20.8 Å². The van der Waals surface area contributed by atoms with E-state index in [0.717, 1.165) is 18.6 Å². The van der Waals surface area contributed by atoms with Crippen molar-refractivity contribution in [1.82, 2.24) is 4.90 Å². The van der Waals surface area contributed by atoms with Crippen LogP contribution >= 0.6 is 11.8 Å². The Morgan fingerprint density at radius 3 is 2.63 bits per heavy atom. The van der Waals surface area contributed by atoms with Crippen molar-refractivity contribution < 1.29 is 13.2 Å². The van der Waals surface area contributed by atoms with Gasteiger partial charge in [-0.3, -0.25) is 4.79 Å². The Morgan fingerprint density at radius 1 is 1.47 bits per heavy atom. The maximum Gasteiger partial charge on any atom is 0.243 e. The van der Waals surface area contributed by atoms with Gasteiger partial charge in [0.2, 0.25) is 5.91 Å². The van der Waals surface area contributed by atoms with Gasteiger partial charge in [-0.25, -0.2) is 8.42 Å². The van der Waals surface area contributed by atoms with E-state index in [-0.39, 0.29) is 17.6 Å². The molecule has 1 heterocycles. The van der Waals surface area contributed by atoms with Crippen LogP contribution in [-0.4, -0.2) is 53.9 Å². The summed E-state index contributed by atoms with van der Waals surface area (Å²) in [6, 6.07) is 0. The van der Waals surface area contributed by atoms with Gasteiger partial charge < -0.3 is 10.6 Å². The minimum absolute atomic E-state index is 0.0622. The highest BCUT2D eigenvalue weighted by Crippen LogP contribution is 2.39. The van der Waals surface area contributed by atoms with Gasteiger partial charge in [-0.1, -0.05) is 6.92 Å². The molecule has 0 radical (unpaired) electrons. The lowest BCUT2D eigenvalue weighted by molar-refractivity contribution is -0.137. The standard InChI is InChI=1S/C12H22N2O3S2/c1-3-19(16,17)10-8-18-7-6-14(10)11(15)12(2,13)9-4-5-9/h9-10H,3-8,13H2,1-2H3. The third kappa shape index (κ3) is 2.92. The van der Waals surface area contributed by atoms with E-state index in [9.17, 15) is 13.2 Å². The number of thioether (sulfide) groups is 1. The van der Waals surface area contributed by atoms with Crippen LogP contribution in [0.15, 0.2) is 0 Å². The van der Waals surface area contributed by atoms with Gasteiger partial charge in [0.15, 0.2) is 9.84 Å². The summed E-state index contributed by atoms with van der Waals surface area (Å²) < 4.78 is 24.3. The summed E-state index contributed by atoms with van der Waals surface area (Å²) in [7, 11) is -3.25. The lowest BCUT2D eigenvalue weighted by Crippen LogP contribution is -2.61. The van der Waals surface area contributed by atoms with Crippen LogP contribution in [-0.2, 0) is 14.6 Å². The summed E-state index contributed by atoms with van der Waals surface area (Å²) in [5, 5.41) is -0.703. The maximum atomic E-state index is 12.6. The van der Waals surface area contributed by atoms with Crippen molar-refractivity contribution in [2.75, 3.05) is 23.8 Å². The second-order valence-corrected chi connectivity index (χ2v) is 9.13. The molecule has 1 aliphatic carbocycles. The van der Waals surface area contributed by atoms with Crippen LogP contribution in [0.25, 0.3) is 0 Å². The fraction of sp³-hybridized carbons (Fsp3) is 0.917. The first-order valence-electron chi connectivity index (χ1n) is 6.70. The SMILES string of the molecule is CCS(=O)(=O)C1CSCCN1C(=O)C(C)(N)C1CC1. The highest BCUT2D eigenvalue weighted by molar-refractivity contribution is 8.01. The zero-order valence-corrected chi connectivity index (χ0v) is 13.1. The molecule has 2 atom stereocenters. The molecule has 2 aliphatic rings. The lowest BCUT2D eigenvalue weighted by atomic mass is 9.95. The second-order valence-electron chi connectivity index (χ2n) is 5.54. The highest BCUT2D eigenvalue weighted by atomic mass is 32.2. The molecule has 19 heavy (non-hydrogen) atoms. The van der Waals surface area contributed by atoms with Crippen molar-refractivity contribution in [1.29, 1.82) is 0 Å². The fourth-order valence-electron chi connectivity index (χ4n) is 2.47. The smallest absolute Gasteiger partial charge is 0.243 e. The molecule has 2 N–H and O–H groups in total. The largest absolute Gasteiger partial charge is 0.322 e. The molecule has 0 aromatic rings. The summed E-state index contributed by atoms with van der Waals surface area (Å²) in [5.41, 5.74) is 5.24. The molecular weight excluding hydrogens is 284 g/mol. The zero-order chi connectivity index (χ0) is 14.3. The van der Waals surface area contributed by atoms with Crippen molar-refractivity contribution in [3.8, 4) is 0 Å². The Morgan fingerprint density at radius 2 is 2.11 bits per heavy atom. The number of nitrogens with zero attached hydrogens (tertiary/aromatic N) is 1. The molecule has 2 rings (SSSR count). The summed E-state index contributed by atoms with van der Waals surface area (Å²) in [4.78, 5) is 14.1. The van der Waals surface area contributed by atoms with Crippen LogP contribution in [0.4, 0.5) is 0 Å². The van der Waals surface area contributed by atoms with E-state index >= 15 is 0 Å². The molecule has 2 fully saturated rings. The Kier molecular flexibility index (Phi) is 4.18. The van der Waals surface area contributed by atoms with Gasteiger partial charge in [0.05, 0.1) is 5.54 Å². The van der Waals surface area contributed by atoms with Gasteiger partial charge in [0, 0.05) is 23.8 Å². The zero-order valence-electron chi connectivity index (χ0n) is 11.5. The molecular formula is C12H22N2O3S2. The van der Waals surface area contributed by atoms with E-state index in [1.165, 1.54) is 4.90 Å². The first-order chi connectivity index (χ1) is 8.80. The average Bonchev–Trinajstić information content (AvgIpc) is 3.22. The fourth-order valence-corrected chi connectivity index (χ4v) is 5.44. The first-order valence-corrected chi connectivity index (χ1v) is 9.57. The Balaban J connectivity index is 2.22. The average molecular weight is 306 g/mol. The predicted molar refractivity (Wildman–Crippen MR) is 77.6 cm³/mol. The van der Waals surface area contributed by atoms with Crippen molar-refractivity contribution in [2.24, 2.45) is 11.7 Å². The quantitative estimate of drug-likeness (QED) is 0.815. The number of sulfone groups is 1. The van der Waals surface area contributed by atoms with Crippen molar-refractivity contribution in [2.45, 2.75) is 37.6 Å². The minimum Gasteiger partial charge on any atom is -0.322 e. The van der Waals surface area contributed by atoms with Gasteiger partial charge in [-0.2, -0.15) is 11.8 Å². The van der Waals surface area contributed by atoms with Gasteiger partial charge in [-0.15, -0.1) is 0 Å². The molecule has 0 bridgehead atoms. The van der Waals surface area contributed by atoms with E-state index in [0.29, 0.717) is 12.3 Å². The number of hydrogen-bond donors (Lipinski definition) is 1. The molecule has 1 saturated heterocycles. The number of rotatable bonds is 4. The number of carbonyl (C=O) groups excluding carboxylic acids is 1. The maximum absolute atomic E-state index is 12.6. The molecule has 1 amide bonds. The Bertz CT molecular complexity index is 458. The first kappa shape index (κ1) is 15.1. The van der Waals surface area contributed by atoms with Crippen molar-refractivity contribution >= 4 is 27.5 Å². The van der Waals surface area contributed by atoms with Crippen molar-refractivity contribution in [3.63, 3.8) is 0 Å². The lowest BCUT2D eigenvalue weighted by Gasteiger charge is -2.39. The van der Waals surface area contributed by atoms with Gasteiger partial charge in [-0.05, 0) is 25.7 Å². The molecule has 1 aliphatic heterocycles. The Hall–Kier alpha value is -0.270. The van der Waals surface area contributed by atoms with Crippen LogP contribution in [0.3, 0.4) is 0 Å². The van der Waals surface area contributed by atoms with E-state index in [2.05, 4.69) is 0 Å². The van der Waals surface area contributed by atoms with Gasteiger partial charge in [0.25, 0.3) is 0 Å². The summed E-state index contributed by atoms with van der Waals surface area (Å²) in [6.07, 6.45) is 1.93. The highest BCUT2D eigenvalue weighted by Gasteiger charge is 2.49. The van der Waals surface area contributed by atoms with Crippen molar-refractivity contribution in [3.05, 3.63) is 0 Å². The van der Waals surface area contributed by atoms with Crippen LogP contribution < -0.4 is 5.73 Å². The second kappa shape index (κ2) is 5.26. The molecule has 0 aromatic heterocycles. The topological polar surface area (TPSA) is 80.5 Å². The molecule has 5 nitrogen and oxygen atoms in total. The van der Waals surface area contributed by atoms with Crippen LogP contribution in [0.1, 0.15) is 26.7 Å². The summed E-state index contributed by atoms with van der Waals surface area (Å²) in [5.74, 6) is 1.31. The van der Waals surface area contributed by atoms with E-state index in [1.807, 2.05) is 0 Å². The number of amides is 1. The Labute approximate surface area is 119 Å². The molecule has 0 spiro atoms. The predicted octanol–water partition coefficient (Wildman–Crippen LogP) is 0.450. The molecule has 2 unspecified atom stereocenters. The third-order valence-electron chi connectivity index (χ3n) is 4.05. The van der Waals surface area contributed by atoms with E-state index in [4.69, 9.17) is 5.73 Å².